The van der Waals surface area contributed by atoms with Gasteiger partial charge in [0.25, 0.3) is 5.91 Å². The van der Waals surface area contributed by atoms with Crippen LogP contribution < -0.4 is 5.32 Å². The van der Waals surface area contributed by atoms with Crippen molar-refractivity contribution in [1.29, 1.82) is 0 Å². The zero-order valence-corrected chi connectivity index (χ0v) is 18.0. The smallest absolute Gasteiger partial charge is 0.255 e. The summed E-state index contributed by atoms with van der Waals surface area (Å²) in [6.45, 7) is 0. The van der Waals surface area contributed by atoms with Crippen LogP contribution in [0.2, 0.25) is 0 Å². The van der Waals surface area contributed by atoms with Crippen molar-refractivity contribution >= 4 is 21.6 Å². The molecular formula is C22H24N4O4S. The second-order valence-corrected chi connectivity index (χ2v) is 9.62. The molecule has 9 heteroatoms. The third kappa shape index (κ3) is 4.67. The molecule has 1 N–H and O–H groups in total. The lowest BCUT2D eigenvalue weighted by Gasteiger charge is -2.30. The number of nitrogens with one attached hydrogen (secondary N) is 1. The predicted octanol–water partition coefficient (Wildman–Crippen LogP) is 3.94. The molecule has 0 bridgehead atoms. The monoisotopic (exact) mass is 440 g/mol. The number of rotatable bonds is 6. The molecule has 0 radical (unpaired) electrons. The van der Waals surface area contributed by atoms with Gasteiger partial charge in [-0.1, -0.05) is 31.4 Å². The molecule has 1 aliphatic carbocycles. The van der Waals surface area contributed by atoms with E-state index in [0.29, 0.717) is 17.1 Å². The van der Waals surface area contributed by atoms with Crippen LogP contribution in [0.4, 0.5) is 5.69 Å². The van der Waals surface area contributed by atoms with Gasteiger partial charge in [0.1, 0.15) is 0 Å². The first-order valence-corrected chi connectivity index (χ1v) is 11.7. The van der Waals surface area contributed by atoms with E-state index in [1.165, 1.54) is 22.8 Å². The molecule has 2 aromatic carbocycles. The van der Waals surface area contributed by atoms with E-state index in [9.17, 15) is 13.2 Å². The number of nitrogens with zero attached hydrogens (tertiary/aromatic N) is 3. The van der Waals surface area contributed by atoms with E-state index >= 15 is 0 Å². The third-order valence-corrected chi connectivity index (χ3v) is 7.50. The first-order valence-electron chi connectivity index (χ1n) is 10.2. The fourth-order valence-corrected chi connectivity index (χ4v) is 5.30. The van der Waals surface area contributed by atoms with Crippen molar-refractivity contribution in [2.45, 2.75) is 43.0 Å². The topological polar surface area (TPSA) is 105 Å². The van der Waals surface area contributed by atoms with Crippen LogP contribution in [0.25, 0.3) is 11.5 Å². The first kappa shape index (κ1) is 21.2. The van der Waals surface area contributed by atoms with Crippen LogP contribution in [-0.2, 0) is 10.0 Å². The van der Waals surface area contributed by atoms with Crippen LogP contribution in [0, 0.1) is 0 Å². The molecule has 1 amide bonds. The molecule has 3 aromatic rings. The number of hydrogen-bond acceptors (Lipinski definition) is 6. The average Bonchev–Trinajstić information content (AvgIpc) is 3.34. The minimum absolute atomic E-state index is 0.00340. The standard InChI is InChI=1S/C22H24N4O4S/c1-26(19-10-3-2-4-11-19)31(28,29)20-12-6-7-16(14-20)21(27)24-18-9-5-8-17(13-18)22-25-23-15-30-22/h5-9,12-15,19H,2-4,10-11H2,1H3,(H,24,27). The maximum atomic E-state index is 13.1. The van der Waals surface area contributed by atoms with Gasteiger partial charge in [-0.25, -0.2) is 8.42 Å². The van der Waals surface area contributed by atoms with Gasteiger partial charge in [-0.2, -0.15) is 4.31 Å². The van der Waals surface area contributed by atoms with Crippen molar-refractivity contribution < 1.29 is 17.6 Å². The van der Waals surface area contributed by atoms with Crippen molar-refractivity contribution in [1.82, 2.24) is 14.5 Å². The molecule has 1 aromatic heterocycles. The number of carbonyl (C=O) groups excluding carboxylic acids is 1. The molecular weight excluding hydrogens is 416 g/mol. The van der Waals surface area contributed by atoms with Gasteiger partial charge in [-0.3, -0.25) is 4.79 Å². The molecule has 0 atom stereocenters. The molecule has 8 nitrogen and oxygen atoms in total. The Morgan fingerprint density at radius 3 is 2.61 bits per heavy atom. The molecule has 0 spiro atoms. The zero-order chi connectivity index (χ0) is 21.8. The molecule has 1 aliphatic rings. The van der Waals surface area contributed by atoms with Crippen molar-refractivity contribution in [3.05, 3.63) is 60.5 Å². The summed E-state index contributed by atoms with van der Waals surface area (Å²) in [4.78, 5) is 12.9. The Bertz CT molecular complexity index is 1160. The number of amides is 1. The third-order valence-electron chi connectivity index (χ3n) is 5.59. The summed E-state index contributed by atoms with van der Waals surface area (Å²) in [5.74, 6) is -0.0602. The molecule has 0 unspecified atom stereocenters. The van der Waals surface area contributed by atoms with Crippen molar-refractivity contribution in [3.63, 3.8) is 0 Å². The van der Waals surface area contributed by atoms with Crippen LogP contribution >= 0.6 is 0 Å². The Labute approximate surface area is 181 Å². The van der Waals surface area contributed by atoms with Gasteiger partial charge < -0.3 is 9.73 Å². The maximum absolute atomic E-state index is 13.1. The van der Waals surface area contributed by atoms with Crippen LogP contribution in [0.15, 0.2) is 64.2 Å². The summed E-state index contributed by atoms with van der Waals surface area (Å²) in [7, 11) is -2.05. The molecule has 162 valence electrons. The van der Waals surface area contributed by atoms with Gasteiger partial charge in [-0.15, -0.1) is 10.2 Å². The van der Waals surface area contributed by atoms with Gasteiger partial charge in [0, 0.05) is 29.9 Å². The highest BCUT2D eigenvalue weighted by atomic mass is 32.2. The van der Waals surface area contributed by atoms with Crippen molar-refractivity contribution in [2.24, 2.45) is 0 Å². The fraction of sp³-hybridized carbons (Fsp3) is 0.318. The van der Waals surface area contributed by atoms with Crippen LogP contribution in [0.5, 0.6) is 0 Å². The minimum Gasteiger partial charge on any atom is -0.423 e. The summed E-state index contributed by atoms with van der Waals surface area (Å²) < 4.78 is 32.9. The van der Waals surface area contributed by atoms with Gasteiger partial charge >= 0.3 is 0 Å². The van der Waals surface area contributed by atoms with E-state index in [2.05, 4.69) is 15.5 Å². The van der Waals surface area contributed by atoms with E-state index in [1.54, 1.807) is 43.4 Å². The minimum atomic E-state index is -3.68. The summed E-state index contributed by atoms with van der Waals surface area (Å²) in [5.41, 5.74) is 1.47. The molecule has 31 heavy (non-hydrogen) atoms. The number of carbonyl (C=O) groups is 1. The quantitative estimate of drug-likeness (QED) is 0.622. The summed E-state index contributed by atoms with van der Waals surface area (Å²) in [6.07, 6.45) is 6.19. The summed E-state index contributed by atoms with van der Waals surface area (Å²) >= 11 is 0. The van der Waals surface area contributed by atoms with Crippen LogP contribution in [0.1, 0.15) is 42.5 Å². The lowest BCUT2D eigenvalue weighted by Crippen LogP contribution is -2.38. The second-order valence-electron chi connectivity index (χ2n) is 7.62. The van der Waals surface area contributed by atoms with E-state index in [1.807, 2.05) is 0 Å². The molecule has 1 saturated carbocycles. The normalized spacial score (nSPS) is 15.2. The molecule has 4 rings (SSSR count). The lowest BCUT2D eigenvalue weighted by atomic mass is 9.96. The summed E-state index contributed by atoms with van der Waals surface area (Å²) in [6, 6.07) is 13.1. The van der Waals surface area contributed by atoms with Gasteiger partial charge in [0.15, 0.2) is 0 Å². The molecule has 0 saturated heterocycles. The number of benzene rings is 2. The Hall–Kier alpha value is -3.04. The van der Waals surface area contributed by atoms with Crippen molar-refractivity contribution in [2.75, 3.05) is 12.4 Å². The number of aromatic nitrogens is 2. The number of anilines is 1. The molecule has 1 fully saturated rings. The summed E-state index contributed by atoms with van der Waals surface area (Å²) in [5, 5.41) is 10.3. The second kappa shape index (κ2) is 8.99. The fourth-order valence-electron chi connectivity index (χ4n) is 3.84. The van der Waals surface area contributed by atoms with Crippen LogP contribution in [-0.4, -0.2) is 41.9 Å². The lowest BCUT2D eigenvalue weighted by molar-refractivity contribution is 0.102. The maximum Gasteiger partial charge on any atom is 0.255 e. The average molecular weight is 441 g/mol. The van der Waals surface area contributed by atoms with Crippen LogP contribution in [0.3, 0.4) is 0 Å². The van der Waals surface area contributed by atoms with E-state index < -0.39 is 15.9 Å². The van der Waals surface area contributed by atoms with Gasteiger partial charge in [-0.05, 0) is 49.2 Å². The van der Waals surface area contributed by atoms with Crippen molar-refractivity contribution in [3.8, 4) is 11.5 Å². The zero-order valence-electron chi connectivity index (χ0n) is 17.2. The number of hydrogen-bond donors (Lipinski definition) is 1. The SMILES string of the molecule is CN(C1CCCCC1)S(=O)(=O)c1cccc(C(=O)Nc2cccc(-c3nnco3)c2)c1. The Kier molecular flexibility index (Phi) is 6.15. The Morgan fingerprint density at radius 1 is 1.10 bits per heavy atom. The Balaban J connectivity index is 1.53. The number of sulfonamides is 1. The molecule has 1 heterocycles. The highest BCUT2D eigenvalue weighted by Crippen LogP contribution is 2.27. The molecule has 0 aliphatic heterocycles. The predicted molar refractivity (Wildman–Crippen MR) is 116 cm³/mol. The largest absolute Gasteiger partial charge is 0.423 e. The van der Waals surface area contributed by atoms with E-state index in [4.69, 9.17) is 4.42 Å². The highest BCUT2D eigenvalue weighted by Gasteiger charge is 2.29. The van der Waals surface area contributed by atoms with Gasteiger partial charge in [0.2, 0.25) is 22.3 Å². The first-order chi connectivity index (χ1) is 14.9. The van der Waals surface area contributed by atoms with E-state index in [0.717, 1.165) is 32.1 Å². The Morgan fingerprint density at radius 2 is 1.87 bits per heavy atom. The van der Waals surface area contributed by atoms with Gasteiger partial charge in [0.05, 0.1) is 4.90 Å². The van der Waals surface area contributed by atoms with E-state index in [-0.39, 0.29) is 16.5 Å². The highest BCUT2D eigenvalue weighted by molar-refractivity contribution is 7.89.